The first-order chi connectivity index (χ1) is 14.7. The molecule has 4 aromatic rings. The summed E-state index contributed by atoms with van der Waals surface area (Å²) in [5, 5.41) is 22.5. The highest BCUT2D eigenvalue weighted by molar-refractivity contribution is 6.08. The average Bonchev–Trinajstić information content (AvgIpc) is 3.19. The number of fused-ring (bicyclic) bond motifs is 3. The molecule has 3 nitrogen and oxygen atoms in total. The number of rotatable bonds is 5. The van der Waals surface area contributed by atoms with Gasteiger partial charge in [0, 0.05) is 16.6 Å². The molecule has 1 heterocycles. The topological polar surface area (TPSA) is 49.0 Å². The maximum Gasteiger partial charge on any atom is 0.0991 e. The van der Waals surface area contributed by atoms with E-state index in [-0.39, 0.29) is 12.6 Å². The number of nitrogens with zero attached hydrogens (tertiary/aromatic N) is 2. The minimum absolute atomic E-state index is 0.00299. The highest BCUT2D eigenvalue weighted by Crippen LogP contribution is 2.36. The number of aliphatic hydroxyl groups excluding tert-OH is 1. The normalized spacial score (nSPS) is 13.2. The molecule has 148 valence electrons. The molecular formula is C27H24N2O. The van der Waals surface area contributed by atoms with Crippen molar-refractivity contribution in [3.63, 3.8) is 0 Å². The molecule has 0 bridgehead atoms. The molecule has 1 N–H and O–H groups in total. The number of hydrogen-bond donors (Lipinski definition) is 1. The van der Waals surface area contributed by atoms with Crippen LogP contribution in [0.4, 0.5) is 0 Å². The lowest BCUT2D eigenvalue weighted by atomic mass is 10.1. The molecule has 0 spiro atoms. The quantitative estimate of drug-likeness (QED) is 0.400. The van der Waals surface area contributed by atoms with Gasteiger partial charge < -0.3 is 9.67 Å². The summed E-state index contributed by atoms with van der Waals surface area (Å²) in [6.07, 6.45) is 5.98. The Morgan fingerprint density at radius 2 is 1.83 bits per heavy atom. The van der Waals surface area contributed by atoms with Crippen LogP contribution in [0.25, 0.3) is 32.9 Å². The molecule has 1 unspecified atom stereocenters. The number of aliphatic hydroxyl groups is 1. The third-order valence-electron chi connectivity index (χ3n) is 5.48. The van der Waals surface area contributed by atoms with Crippen molar-refractivity contribution in [2.45, 2.75) is 19.9 Å². The number of allylic oxidation sites excluding steroid dienone is 2. The Morgan fingerprint density at radius 3 is 2.53 bits per heavy atom. The Balaban J connectivity index is 1.99. The monoisotopic (exact) mass is 392 g/mol. The van der Waals surface area contributed by atoms with E-state index < -0.39 is 0 Å². The zero-order valence-electron chi connectivity index (χ0n) is 17.2. The minimum Gasteiger partial charge on any atom is -0.392 e. The number of nitriles is 1. The fourth-order valence-electron chi connectivity index (χ4n) is 4.12. The van der Waals surface area contributed by atoms with E-state index in [0.29, 0.717) is 5.56 Å². The van der Waals surface area contributed by atoms with Crippen LogP contribution in [0.15, 0.2) is 90.5 Å². The molecule has 1 aromatic heterocycles. The summed E-state index contributed by atoms with van der Waals surface area (Å²) in [7, 11) is 0. The highest BCUT2D eigenvalue weighted by atomic mass is 16.3. The van der Waals surface area contributed by atoms with Gasteiger partial charge in [0.2, 0.25) is 0 Å². The van der Waals surface area contributed by atoms with Crippen molar-refractivity contribution in [2.24, 2.45) is 0 Å². The largest absolute Gasteiger partial charge is 0.392 e. The molecule has 1 atom stereocenters. The molecule has 0 amide bonds. The Kier molecular flexibility index (Phi) is 5.52. The van der Waals surface area contributed by atoms with E-state index in [2.05, 4.69) is 66.1 Å². The second-order valence-electron chi connectivity index (χ2n) is 7.45. The van der Waals surface area contributed by atoms with Crippen molar-refractivity contribution < 1.29 is 5.11 Å². The van der Waals surface area contributed by atoms with Gasteiger partial charge >= 0.3 is 0 Å². The molecule has 0 saturated heterocycles. The van der Waals surface area contributed by atoms with E-state index in [0.717, 1.165) is 22.3 Å². The summed E-state index contributed by atoms with van der Waals surface area (Å²) in [5.41, 5.74) is 4.84. The van der Waals surface area contributed by atoms with Gasteiger partial charge in [-0.25, -0.2) is 0 Å². The number of hydrogen-bond acceptors (Lipinski definition) is 2. The van der Waals surface area contributed by atoms with Gasteiger partial charge in [0.05, 0.1) is 24.3 Å². The maximum atomic E-state index is 9.74. The zero-order valence-corrected chi connectivity index (χ0v) is 17.2. The Hall–Kier alpha value is -3.61. The van der Waals surface area contributed by atoms with Crippen LogP contribution in [0.1, 0.15) is 25.5 Å². The molecule has 0 aliphatic carbocycles. The first-order valence-electron chi connectivity index (χ1n) is 10.1. The Morgan fingerprint density at radius 1 is 1.07 bits per heavy atom. The molecule has 3 aromatic carbocycles. The first-order valence-corrected chi connectivity index (χ1v) is 10.1. The molecular weight excluding hydrogens is 368 g/mol. The molecule has 0 aliphatic rings. The summed E-state index contributed by atoms with van der Waals surface area (Å²) in [6.45, 7) is 4.09. The van der Waals surface area contributed by atoms with Crippen molar-refractivity contribution in [2.75, 3.05) is 6.61 Å². The Labute approximate surface area is 176 Å². The number of aromatic nitrogens is 1. The molecule has 0 aliphatic heterocycles. The van der Waals surface area contributed by atoms with E-state index in [1.807, 2.05) is 43.3 Å². The zero-order chi connectivity index (χ0) is 21.1. The highest BCUT2D eigenvalue weighted by Gasteiger charge is 2.16. The summed E-state index contributed by atoms with van der Waals surface area (Å²) >= 11 is 0. The fourth-order valence-corrected chi connectivity index (χ4v) is 4.12. The summed E-state index contributed by atoms with van der Waals surface area (Å²) in [6, 6.07) is 24.9. The van der Waals surface area contributed by atoms with Crippen LogP contribution in [0, 0.1) is 11.3 Å². The molecule has 0 fully saturated rings. The molecule has 0 saturated carbocycles. The van der Waals surface area contributed by atoms with Crippen molar-refractivity contribution in [1.29, 1.82) is 5.26 Å². The SMILES string of the molecule is C/C=C\C(=C/C(C)n1c(-c2ccc(C#N)cc2)cc2c3ccccc3ccc21)CO. The van der Waals surface area contributed by atoms with Crippen LogP contribution in [0.5, 0.6) is 0 Å². The van der Waals surface area contributed by atoms with Crippen LogP contribution in [0.3, 0.4) is 0 Å². The van der Waals surface area contributed by atoms with Gasteiger partial charge in [-0.2, -0.15) is 5.26 Å². The summed E-state index contributed by atoms with van der Waals surface area (Å²) in [5.74, 6) is 0. The summed E-state index contributed by atoms with van der Waals surface area (Å²) < 4.78 is 2.31. The van der Waals surface area contributed by atoms with Crippen molar-refractivity contribution in [3.05, 3.63) is 96.1 Å². The van der Waals surface area contributed by atoms with Gasteiger partial charge in [0.25, 0.3) is 0 Å². The van der Waals surface area contributed by atoms with E-state index in [4.69, 9.17) is 5.26 Å². The van der Waals surface area contributed by atoms with Crippen LogP contribution >= 0.6 is 0 Å². The lowest BCUT2D eigenvalue weighted by Gasteiger charge is -2.17. The Bertz CT molecular complexity index is 1300. The minimum atomic E-state index is 0.00299. The van der Waals surface area contributed by atoms with E-state index in [1.165, 1.54) is 16.2 Å². The predicted molar refractivity (Wildman–Crippen MR) is 124 cm³/mol. The molecule has 4 rings (SSSR count). The van der Waals surface area contributed by atoms with Crippen molar-refractivity contribution in [1.82, 2.24) is 4.57 Å². The second-order valence-corrected chi connectivity index (χ2v) is 7.45. The van der Waals surface area contributed by atoms with E-state index >= 15 is 0 Å². The number of benzene rings is 3. The van der Waals surface area contributed by atoms with Gasteiger partial charge in [-0.05, 0) is 60.0 Å². The van der Waals surface area contributed by atoms with Crippen LogP contribution < -0.4 is 0 Å². The van der Waals surface area contributed by atoms with Gasteiger partial charge in [-0.15, -0.1) is 0 Å². The third kappa shape index (κ3) is 3.54. The lowest BCUT2D eigenvalue weighted by Crippen LogP contribution is -2.06. The molecule has 3 heteroatoms. The van der Waals surface area contributed by atoms with Gasteiger partial charge in [0.1, 0.15) is 0 Å². The van der Waals surface area contributed by atoms with Gasteiger partial charge in [-0.3, -0.25) is 0 Å². The van der Waals surface area contributed by atoms with Crippen LogP contribution in [0.2, 0.25) is 0 Å². The van der Waals surface area contributed by atoms with E-state index in [9.17, 15) is 5.11 Å². The standard InChI is InChI=1S/C27H24N2O/c1-3-6-21(18-30)15-19(2)29-26-14-13-22-7-4-5-8-24(22)25(26)16-27(29)23-11-9-20(17-28)10-12-23/h3-16,19,30H,18H2,1-2H3/b6-3-,21-15+. The second kappa shape index (κ2) is 8.41. The predicted octanol–water partition coefficient (Wildman–Crippen LogP) is 6.39. The summed E-state index contributed by atoms with van der Waals surface area (Å²) in [4.78, 5) is 0. The van der Waals surface area contributed by atoms with Gasteiger partial charge in [-0.1, -0.05) is 60.7 Å². The van der Waals surface area contributed by atoms with E-state index in [1.54, 1.807) is 0 Å². The maximum absolute atomic E-state index is 9.74. The van der Waals surface area contributed by atoms with Crippen LogP contribution in [-0.2, 0) is 0 Å². The average molecular weight is 393 g/mol. The lowest BCUT2D eigenvalue weighted by molar-refractivity contribution is 0.334. The first kappa shape index (κ1) is 19.7. The van der Waals surface area contributed by atoms with Crippen molar-refractivity contribution >= 4 is 21.7 Å². The fraction of sp³-hybridized carbons (Fsp3) is 0.148. The third-order valence-corrected chi connectivity index (χ3v) is 5.48. The van der Waals surface area contributed by atoms with Gasteiger partial charge in [0.15, 0.2) is 0 Å². The van der Waals surface area contributed by atoms with Crippen molar-refractivity contribution in [3.8, 4) is 17.3 Å². The molecule has 30 heavy (non-hydrogen) atoms. The smallest absolute Gasteiger partial charge is 0.0991 e. The molecule has 0 radical (unpaired) electrons. The van der Waals surface area contributed by atoms with Crippen LogP contribution in [-0.4, -0.2) is 16.3 Å².